The van der Waals surface area contributed by atoms with Crippen LogP contribution >= 0.6 is 0 Å². The Morgan fingerprint density at radius 3 is 1.90 bits per heavy atom. The van der Waals surface area contributed by atoms with Crippen LogP contribution in [0.3, 0.4) is 0 Å². The van der Waals surface area contributed by atoms with Crippen molar-refractivity contribution in [3.05, 3.63) is 48.2 Å². The Labute approximate surface area is 123 Å². The molecule has 0 saturated carbocycles. The molecule has 0 bridgehead atoms. The van der Waals surface area contributed by atoms with Gasteiger partial charge in [0.1, 0.15) is 0 Å². The maximum absolute atomic E-state index is 12.2. The number of rotatable bonds is 9. The number of hydrogen-bond acceptors (Lipinski definition) is 1. The summed E-state index contributed by atoms with van der Waals surface area (Å²) >= 11 is 0. The minimum Gasteiger partial charge on any atom is -0.297 e. The van der Waals surface area contributed by atoms with Gasteiger partial charge in [0, 0.05) is 11.6 Å². The number of carbonyl (C=O) groups excluding carboxylic acids is 1. The summed E-state index contributed by atoms with van der Waals surface area (Å²) in [6.07, 6.45) is 7.33. The van der Waals surface area contributed by atoms with E-state index in [1.54, 1.807) is 6.08 Å². The van der Waals surface area contributed by atoms with Gasteiger partial charge in [-0.15, -0.1) is 0 Å². The molecule has 1 rings (SSSR count). The van der Waals surface area contributed by atoms with Gasteiger partial charge >= 0.3 is 0 Å². The molecule has 0 atom stereocenters. The monoisotopic (exact) mass is 274 g/mol. The van der Waals surface area contributed by atoms with E-state index in [0.717, 1.165) is 48.9 Å². The molecule has 0 aliphatic heterocycles. The van der Waals surface area contributed by atoms with E-state index >= 15 is 0 Å². The van der Waals surface area contributed by atoms with Crippen LogP contribution in [0.4, 0.5) is 0 Å². The average molecular weight is 274 g/mol. The van der Waals surface area contributed by atoms with Crippen molar-refractivity contribution in [2.24, 2.45) is 0 Å². The van der Waals surface area contributed by atoms with Gasteiger partial charge in [-0.25, -0.2) is 0 Å². The number of nitrogens with zero attached hydrogens (tertiary/aromatic N) is 1. The molecule has 0 fully saturated rings. The smallest absolute Gasteiger partial charge is 0.191 e. The molecule has 2 heteroatoms. The molecule has 0 spiro atoms. The highest BCUT2D eigenvalue weighted by molar-refractivity contribution is 6.04. The standard InChI is InChI=1S/C18H28NO/c1-4-13-19(14-5-2,15-6-3)16-12-18(20)17-10-8-7-9-11-17/h7-12,16H,4-6,13-15H2,1-3H3/q+1/b16-12+. The lowest BCUT2D eigenvalue weighted by Gasteiger charge is -2.34. The van der Waals surface area contributed by atoms with E-state index in [4.69, 9.17) is 0 Å². The summed E-state index contributed by atoms with van der Waals surface area (Å²) in [6, 6.07) is 9.51. The summed E-state index contributed by atoms with van der Waals surface area (Å²) in [5.41, 5.74) is 0.770. The maximum Gasteiger partial charge on any atom is 0.191 e. The number of benzene rings is 1. The molecule has 0 N–H and O–H groups in total. The van der Waals surface area contributed by atoms with E-state index in [9.17, 15) is 4.79 Å². The summed E-state index contributed by atoms with van der Waals surface area (Å²) < 4.78 is 0.933. The number of quaternary nitrogens is 1. The third-order valence-electron chi connectivity index (χ3n) is 3.61. The van der Waals surface area contributed by atoms with Crippen molar-refractivity contribution in [2.45, 2.75) is 40.0 Å². The zero-order valence-electron chi connectivity index (χ0n) is 13.1. The zero-order chi connectivity index (χ0) is 14.8. The van der Waals surface area contributed by atoms with E-state index in [0.29, 0.717) is 0 Å². The SMILES string of the molecule is CCC[N+](/C=C/C(=O)c1ccccc1)(CCC)CCC. The van der Waals surface area contributed by atoms with E-state index in [1.165, 1.54) is 0 Å². The van der Waals surface area contributed by atoms with Crippen molar-refractivity contribution in [3.63, 3.8) is 0 Å². The topological polar surface area (TPSA) is 17.1 Å². The third kappa shape index (κ3) is 4.93. The Morgan fingerprint density at radius 2 is 1.45 bits per heavy atom. The Bertz CT molecular complexity index is 405. The highest BCUT2D eigenvalue weighted by Gasteiger charge is 2.22. The van der Waals surface area contributed by atoms with Gasteiger partial charge in [0.05, 0.1) is 25.8 Å². The molecule has 1 aromatic rings. The van der Waals surface area contributed by atoms with Crippen molar-refractivity contribution in [1.29, 1.82) is 0 Å². The molecule has 20 heavy (non-hydrogen) atoms. The van der Waals surface area contributed by atoms with Crippen LogP contribution in [0.25, 0.3) is 0 Å². The molecule has 2 nitrogen and oxygen atoms in total. The highest BCUT2D eigenvalue weighted by Crippen LogP contribution is 2.14. The summed E-state index contributed by atoms with van der Waals surface area (Å²) in [7, 11) is 0. The van der Waals surface area contributed by atoms with Crippen molar-refractivity contribution in [2.75, 3.05) is 19.6 Å². The van der Waals surface area contributed by atoms with Gasteiger partial charge < -0.3 is 0 Å². The van der Waals surface area contributed by atoms with E-state index in [2.05, 4.69) is 27.0 Å². The summed E-state index contributed by atoms with van der Waals surface area (Å²) in [6.45, 7) is 9.97. The zero-order valence-corrected chi connectivity index (χ0v) is 13.1. The minimum absolute atomic E-state index is 0.108. The number of allylic oxidation sites excluding steroid dienone is 1. The molecule has 0 heterocycles. The van der Waals surface area contributed by atoms with Gasteiger partial charge in [0.25, 0.3) is 0 Å². The molecular formula is C18H28NO+. The number of carbonyl (C=O) groups is 1. The fraction of sp³-hybridized carbons (Fsp3) is 0.500. The van der Waals surface area contributed by atoms with Crippen molar-refractivity contribution >= 4 is 5.78 Å². The molecule has 0 saturated heterocycles. The summed E-state index contributed by atoms with van der Waals surface area (Å²) in [5, 5.41) is 0. The molecule has 0 unspecified atom stereocenters. The number of ketones is 1. The van der Waals surface area contributed by atoms with Crippen LogP contribution in [0.1, 0.15) is 50.4 Å². The lowest BCUT2D eigenvalue weighted by molar-refractivity contribution is -0.879. The molecule has 110 valence electrons. The molecular weight excluding hydrogens is 246 g/mol. The fourth-order valence-electron chi connectivity index (χ4n) is 2.82. The van der Waals surface area contributed by atoms with Gasteiger partial charge in [-0.2, -0.15) is 0 Å². The largest absolute Gasteiger partial charge is 0.297 e. The fourth-order valence-corrected chi connectivity index (χ4v) is 2.82. The minimum atomic E-state index is 0.108. The lowest BCUT2D eigenvalue weighted by Crippen LogP contribution is -2.44. The first-order valence-corrected chi connectivity index (χ1v) is 7.82. The molecule has 1 aromatic carbocycles. The normalized spacial score (nSPS) is 11.9. The quantitative estimate of drug-likeness (QED) is 0.370. The summed E-state index contributed by atoms with van der Waals surface area (Å²) in [5.74, 6) is 0.108. The van der Waals surface area contributed by atoms with E-state index in [-0.39, 0.29) is 5.78 Å². The average Bonchev–Trinajstić information content (AvgIpc) is 2.46. The van der Waals surface area contributed by atoms with Gasteiger partial charge in [-0.1, -0.05) is 51.1 Å². The van der Waals surface area contributed by atoms with Crippen LogP contribution in [-0.2, 0) is 0 Å². The maximum atomic E-state index is 12.2. The first-order chi connectivity index (χ1) is 9.67. The van der Waals surface area contributed by atoms with E-state index in [1.807, 2.05) is 30.3 Å². The molecule has 0 aliphatic rings. The second-order valence-electron chi connectivity index (χ2n) is 5.44. The van der Waals surface area contributed by atoms with Gasteiger partial charge in [0.2, 0.25) is 0 Å². The molecule has 0 radical (unpaired) electrons. The highest BCUT2D eigenvalue weighted by atomic mass is 16.1. The molecule has 0 aliphatic carbocycles. The second-order valence-corrected chi connectivity index (χ2v) is 5.44. The van der Waals surface area contributed by atoms with Gasteiger partial charge in [-0.3, -0.25) is 9.28 Å². The van der Waals surface area contributed by atoms with Crippen LogP contribution in [0, 0.1) is 0 Å². The Kier molecular flexibility index (Phi) is 7.24. The van der Waals surface area contributed by atoms with E-state index < -0.39 is 0 Å². The first-order valence-electron chi connectivity index (χ1n) is 7.82. The van der Waals surface area contributed by atoms with Crippen LogP contribution < -0.4 is 0 Å². The van der Waals surface area contributed by atoms with Crippen LogP contribution in [-0.4, -0.2) is 29.9 Å². The Morgan fingerprint density at radius 1 is 0.950 bits per heavy atom. The first kappa shape index (κ1) is 16.6. The van der Waals surface area contributed by atoms with Crippen LogP contribution in [0.5, 0.6) is 0 Å². The molecule has 0 amide bonds. The Hall–Kier alpha value is -1.41. The van der Waals surface area contributed by atoms with Crippen molar-refractivity contribution in [3.8, 4) is 0 Å². The lowest BCUT2D eigenvalue weighted by atomic mass is 10.1. The van der Waals surface area contributed by atoms with Gasteiger partial charge in [-0.05, 0) is 19.3 Å². The Balaban J connectivity index is 2.87. The third-order valence-corrected chi connectivity index (χ3v) is 3.61. The van der Waals surface area contributed by atoms with Crippen molar-refractivity contribution < 1.29 is 9.28 Å². The summed E-state index contributed by atoms with van der Waals surface area (Å²) in [4.78, 5) is 12.2. The van der Waals surface area contributed by atoms with Gasteiger partial charge in [0.15, 0.2) is 5.78 Å². The van der Waals surface area contributed by atoms with Crippen LogP contribution in [0.15, 0.2) is 42.6 Å². The number of hydrogen-bond donors (Lipinski definition) is 0. The predicted octanol–water partition coefficient (Wildman–Crippen LogP) is 4.43. The molecule has 0 aromatic heterocycles. The second kappa shape index (κ2) is 8.70. The van der Waals surface area contributed by atoms with Crippen LogP contribution in [0.2, 0.25) is 0 Å². The predicted molar refractivity (Wildman–Crippen MR) is 85.6 cm³/mol. The van der Waals surface area contributed by atoms with Crippen molar-refractivity contribution in [1.82, 2.24) is 0 Å².